The molecule has 2 N–H and O–H groups in total. The van der Waals surface area contributed by atoms with E-state index in [0.717, 1.165) is 12.1 Å². The number of carbonyl (C=O) groups excluding carboxylic acids is 1. The Labute approximate surface area is 163 Å². The van der Waals surface area contributed by atoms with Gasteiger partial charge in [-0.25, -0.2) is 12.8 Å². The van der Waals surface area contributed by atoms with E-state index < -0.39 is 21.2 Å². The second kappa shape index (κ2) is 8.81. The quantitative estimate of drug-likeness (QED) is 0.688. The maximum Gasteiger partial charge on any atom is 0.248 e. The lowest BCUT2D eigenvalue weighted by Gasteiger charge is -2.36. The van der Waals surface area contributed by atoms with Crippen molar-refractivity contribution in [2.24, 2.45) is 0 Å². The minimum atomic E-state index is -3.59. The topological polar surface area (TPSA) is 93.1 Å². The molecule has 1 aliphatic rings. The molecule has 10 heteroatoms. The normalized spacial score (nSPS) is 16.3. The Morgan fingerprint density at radius 1 is 1.26 bits per heavy atom. The van der Waals surface area contributed by atoms with Gasteiger partial charge >= 0.3 is 0 Å². The number of rotatable bonds is 6. The Hall–Kier alpha value is -1.97. The third-order valence-electron chi connectivity index (χ3n) is 4.63. The van der Waals surface area contributed by atoms with Gasteiger partial charge in [0.25, 0.3) is 0 Å². The molecule has 0 radical (unpaired) electrons. The molecule has 0 atom stereocenters. The molecule has 0 bridgehead atoms. The molecule has 148 valence electrons. The van der Waals surface area contributed by atoms with Gasteiger partial charge in [-0.1, -0.05) is 0 Å². The molecule has 7 nitrogen and oxygen atoms in total. The van der Waals surface area contributed by atoms with Gasteiger partial charge in [0.15, 0.2) is 9.84 Å². The smallest absolute Gasteiger partial charge is 0.248 e. The molecule has 0 unspecified atom stereocenters. The summed E-state index contributed by atoms with van der Waals surface area (Å²) >= 11 is 0. The number of halogens is 2. The molecule has 2 aromatic rings. The van der Waals surface area contributed by atoms with Crippen LogP contribution >= 0.6 is 12.4 Å². The predicted molar refractivity (Wildman–Crippen MR) is 101 cm³/mol. The van der Waals surface area contributed by atoms with Gasteiger partial charge in [-0.2, -0.15) is 5.10 Å². The maximum atomic E-state index is 13.0. The summed E-state index contributed by atoms with van der Waals surface area (Å²) < 4.78 is 39.2. The highest BCUT2D eigenvalue weighted by atomic mass is 35.5. The molecule has 1 aromatic carbocycles. The molecule has 3 rings (SSSR count). The van der Waals surface area contributed by atoms with E-state index in [1.165, 1.54) is 12.1 Å². The Morgan fingerprint density at radius 2 is 1.93 bits per heavy atom. The third kappa shape index (κ3) is 4.66. The lowest BCUT2D eigenvalue weighted by atomic mass is 9.87. The minimum absolute atomic E-state index is 0. The van der Waals surface area contributed by atoms with E-state index in [-0.39, 0.29) is 35.5 Å². The van der Waals surface area contributed by atoms with Crippen molar-refractivity contribution < 1.29 is 17.6 Å². The molecule has 0 spiro atoms. The number of sulfone groups is 1. The van der Waals surface area contributed by atoms with Crippen LogP contribution in [-0.2, 0) is 20.2 Å². The van der Waals surface area contributed by atoms with Crippen molar-refractivity contribution in [3.63, 3.8) is 0 Å². The largest absolute Gasteiger partial charge is 0.353 e. The fraction of sp³-hybridized carbons (Fsp3) is 0.412. The average molecular weight is 417 g/mol. The van der Waals surface area contributed by atoms with Crippen LogP contribution in [0.2, 0.25) is 0 Å². The van der Waals surface area contributed by atoms with Gasteiger partial charge in [-0.05, 0) is 56.3 Å². The summed E-state index contributed by atoms with van der Waals surface area (Å²) in [7, 11) is -3.59. The first kappa shape index (κ1) is 21.3. The van der Waals surface area contributed by atoms with Gasteiger partial charge < -0.3 is 10.6 Å². The number of aromatic nitrogens is 2. The van der Waals surface area contributed by atoms with Crippen LogP contribution in [0.25, 0.3) is 0 Å². The Morgan fingerprint density at radius 3 is 2.52 bits per heavy atom. The van der Waals surface area contributed by atoms with Crippen molar-refractivity contribution in [3.8, 4) is 0 Å². The fourth-order valence-electron chi connectivity index (χ4n) is 3.15. The molecule has 0 saturated carbocycles. The monoisotopic (exact) mass is 416 g/mol. The SMILES string of the molecule is Cl.O=C(NCCS(=O)(=O)c1ccc(F)cc1)C1(n2cccn2)CCNCC1. The first-order valence-corrected chi connectivity index (χ1v) is 10.1. The van der Waals surface area contributed by atoms with Crippen molar-refractivity contribution in [3.05, 3.63) is 48.5 Å². The van der Waals surface area contributed by atoms with Crippen LogP contribution < -0.4 is 10.6 Å². The van der Waals surface area contributed by atoms with Crippen LogP contribution in [0.1, 0.15) is 12.8 Å². The highest BCUT2D eigenvalue weighted by Crippen LogP contribution is 2.27. The van der Waals surface area contributed by atoms with Crippen LogP contribution in [0, 0.1) is 5.82 Å². The molecular weight excluding hydrogens is 395 g/mol. The van der Waals surface area contributed by atoms with Crippen LogP contribution in [0.3, 0.4) is 0 Å². The highest BCUT2D eigenvalue weighted by Gasteiger charge is 2.41. The molecule has 1 amide bonds. The number of piperidine rings is 1. The standard InChI is InChI=1S/C17H21FN4O3S.ClH/c18-14-2-4-15(5-3-14)26(24,25)13-11-20-16(23)17(6-9-19-10-7-17)22-12-1-8-21-22;/h1-5,8,12,19H,6-7,9-11,13H2,(H,20,23);1H. The second-order valence-corrected chi connectivity index (χ2v) is 8.37. The van der Waals surface area contributed by atoms with Crippen molar-refractivity contribution >= 4 is 28.2 Å². The summed E-state index contributed by atoms with van der Waals surface area (Å²) in [5, 5.41) is 10.2. The van der Waals surface area contributed by atoms with Crippen molar-refractivity contribution in [1.82, 2.24) is 20.4 Å². The van der Waals surface area contributed by atoms with Crippen molar-refractivity contribution in [2.45, 2.75) is 23.3 Å². The third-order valence-corrected chi connectivity index (χ3v) is 6.36. The van der Waals surface area contributed by atoms with E-state index in [0.29, 0.717) is 25.9 Å². The van der Waals surface area contributed by atoms with E-state index in [2.05, 4.69) is 15.7 Å². The zero-order valence-electron chi connectivity index (χ0n) is 14.6. The Bertz CT molecular complexity index is 851. The minimum Gasteiger partial charge on any atom is -0.353 e. The van der Waals surface area contributed by atoms with Crippen molar-refractivity contribution in [1.29, 1.82) is 0 Å². The van der Waals surface area contributed by atoms with E-state index in [9.17, 15) is 17.6 Å². The average Bonchev–Trinajstić information content (AvgIpc) is 3.17. The number of benzene rings is 1. The summed E-state index contributed by atoms with van der Waals surface area (Å²) in [6, 6.07) is 6.42. The van der Waals surface area contributed by atoms with Crippen LogP contribution in [0.4, 0.5) is 4.39 Å². The molecule has 1 saturated heterocycles. The molecule has 1 fully saturated rings. The number of amides is 1. The zero-order chi connectivity index (χ0) is 18.6. The lowest BCUT2D eigenvalue weighted by Crippen LogP contribution is -2.55. The van der Waals surface area contributed by atoms with Gasteiger partial charge in [-0.15, -0.1) is 12.4 Å². The molecule has 2 heterocycles. The van der Waals surface area contributed by atoms with Crippen LogP contribution in [0.5, 0.6) is 0 Å². The Balaban J connectivity index is 0.00000261. The Kier molecular flexibility index (Phi) is 6.96. The summed E-state index contributed by atoms with van der Waals surface area (Å²) in [4.78, 5) is 12.9. The molecule has 27 heavy (non-hydrogen) atoms. The highest BCUT2D eigenvalue weighted by molar-refractivity contribution is 7.91. The molecule has 1 aliphatic heterocycles. The van der Waals surface area contributed by atoms with E-state index in [1.54, 1.807) is 23.1 Å². The maximum absolute atomic E-state index is 13.0. The fourth-order valence-corrected chi connectivity index (χ4v) is 4.30. The van der Waals surface area contributed by atoms with E-state index >= 15 is 0 Å². The summed E-state index contributed by atoms with van der Waals surface area (Å²) in [5.41, 5.74) is -0.811. The van der Waals surface area contributed by atoms with E-state index in [4.69, 9.17) is 0 Å². The molecular formula is C17H22ClFN4O3S. The van der Waals surface area contributed by atoms with Crippen molar-refractivity contribution in [2.75, 3.05) is 25.4 Å². The van der Waals surface area contributed by atoms with Gasteiger partial charge in [0.1, 0.15) is 11.4 Å². The first-order valence-electron chi connectivity index (χ1n) is 8.42. The van der Waals surface area contributed by atoms with Gasteiger partial charge in [0.05, 0.1) is 10.6 Å². The van der Waals surface area contributed by atoms with Crippen LogP contribution in [-0.4, -0.2) is 49.5 Å². The molecule has 0 aliphatic carbocycles. The van der Waals surface area contributed by atoms with Crippen LogP contribution in [0.15, 0.2) is 47.6 Å². The second-order valence-electron chi connectivity index (χ2n) is 6.26. The number of hydrogen-bond acceptors (Lipinski definition) is 5. The van der Waals surface area contributed by atoms with E-state index in [1.807, 2.05) is 0 Å². The number of carbonyl (C=O) groups is 1. The zero-order valence-corrected chi connectivity index (χ0v) is 16.2. The number of hydrogen-bond donors (Lipinski definition) is 2. The van der Waals surface area contributed by atoms with Gasteiger partial charge in [0, 0.05) is 18.9 Å². The lowest BCUT2D eigenvalue weighted by molar-refractivity contribution is -0.131. The summed E-state index contributed by atoms with van der Waals surface area (Å²) in [6.07, 6.45) is 4.52. The number of nitrogens with one attached hydrogen (secondary N) is 2. The summed E-state index contributed by atoms with van der Waals surface area (Å²) in [5.74, 6) is -0.987. The van der Waals surface area contributed by atoms with Gasteiger partial charge in [0.2, 0.25) is 5.91 Å². The summed E-state index contributed by atoms with van der Waals surface area (Å²) in [6.45, 7) is 1.34. The first-order chi connectivity index (χ1) is 12.4. The molecule has 1 aromatic heterocycles. The number of nitrogens with zero attached hydrogens (tertiary/aromatic N) is 2. The predicted octanol–water partition coefficient (Wildman–Crippen LogP) is 1.11. The van der Waals surface area contributed by atoms with Gasteiger partial charge in [-0.3, -0.25) is 9.48 Å².